The van der Waals surface area contributed by atoms with Gasteiger partial charge in [0, 0.05) is 38.7 Å². The minimum Gasteiger partial charge on any atom is -0.493 e. The third-order valence-corrected chi connectivity index (χ3v) is 5.48. The first kappa shape index (κ1) is 23.4. The van der Waals surface area contributed by atoms with Crippen molar-refractivity contribution in [2.45, 2.75) is 12.8 Å². The van der Waals surface area contributed by atoms with Gasteiger partial charge in [0.2, 0.25) is 5.91 Å². The largest absolute Gasteiger partial charge is 0.493 e. The number of nitrogens with zero attached hydrogens (tertiary/aromatic N) is 3. The first-order chi connectivity index (χ1) is 15.4. The molecule has 1 aliphatic rings. The fourth-order valence-corrected chi connectivity index (χ4v) is 3.66. The summed E-state index contributed by atoms with van der Waals surface area (Å²) in [6.07, 6.45) is 0.836. The van der Waals surface area contributed by atoms with E-state index < -0.39 is 5.82 Å². The van der Waals surface area contributed by atoms with Crippen LogP contribution in [0.2, 0.25) is 5.02 Å². The third kappa shape index (κ3) is 5.68. The monoisotopic (exact) mass is 459 g/mol. The summed E-state index contributed by atoms with van der Waals surface area (Å²) in [5.41, 5.74) is 0.729. The summed E-state index contributed by atoms with van der Waals surface area (Å²) in [7, 11) is 1.50. The van der Waals surface area contributed by atoms with Gasteiger partial charge in [-0.05, 0) is 36.8 Å². The molecule has 168 valence electrons. The molecule has 0 radical (unpaired) electrons. The number of piperazine rings is 1. The Morgan fingerprint density at radius 1 is 1.09 bits per heavy atom. The van der Waals surface area contributed by atoms with Gasteiger partial charge in [-0.3, -0.25) is 9.59 Å². The smallest absolute Gasteiger partial charge is 0.255 e. The predicted octanol–water partition coefficient (Wildman–Crippen LogP) is 3.50. The van der Waals surface area contributed by atoms with Crippen molar-refractivity contribution in [3.8, 4) is 17.6 Å². The summed E-state index contributed by atoms with van der Waals surface area (Å²) in [5, 5.41) is 9.02. The molecule has 0 atom stereocenters. The minimum atomic E-state index is -0.497. The van der Waals surface area contributed by atoms with E-state index in [1.54, 1.807) is 28.0 Å². The second kappa shape index (κ2) is 10.8. The van der Waals surface area contributed by atoms with Gasteiger partial charge < -0.3 is 19.3 Å². The SMILES string of the molecule is COc1cc(C#N)ccc1OCCCC(=O)N1CCN(C(=O)c2ccc(F)cc2Cl)CC1. The van der Waals surface area contributed by atoms with Crippen molar-refractivity contribution >= 4 is 23.4 Å². The topological polar surface area (TPSA) is 82.9 Å². The summed E-state index contributed by atoms with van der Waals surface area (Å²) >= 11 is 5.99. The second-order valence-corrected chi connectivity index (χ2v) is 7.63. The third-order valence-electron chi connectivity index (χ3n) is 5.17. The highest BCUT2D eigenvalue weighted by Crippen LogP contribution is 2.28. The molecule has 1 saturated heterocycles. The molecule has 0 N–H and O–H groups in total. The van der Waals surface area contributed by atoms with Crippen LogP contribution in [-0.2, 0) is 4.79 Å². The van der Waals surface area contributed by atoms with E-state index in [9.17, 15) is 14.0 Å². The van der Waals surface area contributed by atoms with E-state index in [0.29, 0.717) is 62.7 Å². The normalized spacial score (nSPS) is 13.4. The zero-order chi connectivity index (χ0) is 23.1. The Hall–Kier alpha value is -3.31. The van der Waals surface area contributed by atoms with Crippen LogP contribution in [0.4, 0.5) is 4.39 Å². The van der Waals surface area contributed by atoms with Crippen molar-refractivity contribution in [3.05, 3.63) is 58.4 Å². The maximum Gasteiger partial charge on any atom is 0.255 e. The van der Waals surface area contributed by atoms with Gasteiger partial charge in [-0.2, -0.15) is 5.26 Å². The maximum absolute atomic E-state index is 13.2. The van der Waals surface area contributed by atoms with Gasteiger partial charge in [0.15, 0.2) is 11.5 Å². The lowest BCUT2D eigenvalue weighted by atomic mass is 10.1. The lowest BCUT2D eigenvalue weighted by Gasteiger charge is -2.35. The van der Waals surface area contributed by atoms with Crippen molar-refractivity contribution in [2.24, 2.45) is 0 Å². The van der Waals surface area contributed by atoms with E-state index in [2.05, 4.69) is 0 Å². The molecule has 32 heavy (non-hydrogen) atoms. The Bertz CT molecular complexity index is 1030. The Labute approximate surface area is 190 Å². The molecule has 1 fully saturated rings. The fourth-order valence-electron chi connectivity index (χ4n) is 3.41. The first-order valence-corrected chi connectivity index (χ1v) is 10.5. The van der Waals surface area contributed by atoms with Crippen LogP contribution in [0, 0.1) is 17.1 Å². The van der Waals surface area contributed by atoms with Crippen LogP contribution < -0.4 is 9.47 Å². The van der Waals surface area contributed by atoms with E-state index in [4.69, 9.17) is 26.3 Å². The highest BCUT2D eigenvalue weighted by molar-refractivity contribution is 6.33. The number of hydrogen-bond acceptors (Lipinski definition) is 5. The number of carbonyl (C=O) groups excluding carboxylic acids is 2. The van der Waals surface area contributed by atoms with E-state index >= 15 is 0 Å². The number of hydrogen-bond donors (Lipinski definition) is 0. The Morgan fingerprint density at radius 3 is 2.47 bits per heavy atom. The van der Waals surface area contributed by atoms with Crippen LogP contribution in [0.5, 0.6) is 11.5 Å². The number of rotatable bonds is 7. The van der Waals surface area contributed by atoms with Crippen molar-refractivity contribution in [1.29, 1.82) is 5.26 Å². The van der Waals surface area contributed by atoms with Gasteiger partial charge in [0.05, 0.1) is 35.9 Å². The number of carbonyl (C=O) groups is 2. The number of nitriles is 1. The van der Waals surface area contributed by atoms with E-state index in [0.717, 1.165) is 6.07 Å². The zero-order valence-electron chi connectivity index (χ0n) is 17.6. The van der Waals surface area contributed by atoms with Crippen molar-refractivity contribution in [3.63, 3.8) is 0 Å². The van der Waals surface area contributed by atoms with Gasteiger partial charge in [-0.1, -0.05) is 11.6 Å². The molecule has 0 aromatic heterocycles. The average molecular weight is 460 g/mol. The molecule has 2 aromatic carbocycles. The lowest BCUT2D eigenvalue weighted by molar-refractivity contribution is -0.132. The minimum absolute atomic E-state index is 0.00712. The molecule has 1 aliphatic heterocycles. The number of amides is 2. The van der Waals surface area contributed by atoms with Gasteiger partial charge in [0.25, 0.3) is 5.91 Å². The van der Waals surface area contributed by atoms with Crippen LogP contribution in [0.1, 0.15) is 28.8 Å². The maximum atomic E-state index is 13.2. The van der Waals surface area contributed by atoms with Crippen LogP contribution in [0.25, 0.3) is 0 Å². The number of benzene rings is 2. The highest BCUT2D eigenvalue weighted by Gasteiger charge is 2.25. The second-order valence-electron chi connectivity index (χ2n) is 7.23. The summed E-state index contributed by atoms with van der Waals surface area (Å²) in [6, 6.07) is 10.6. The summed E-state index contributed by atoms with van der Waals surface area (Å²) in [6.45, 7) is 1.95. The fraction of sp³-hybridized carbons (Fsp3) is 0.348. The highest BCUT2D eigenvalue weighted by atomic mass is 35.5. The summed E-state index contributed by atoms with van der Waals surface area (Å²) < 4.78 is 24.1. The number of ether oxygens (including phenoxy) is 2. The molecular weight excluding hydrogens is 437 g/mol. The van der Waals surface area contributed by atoms with Gasteiger partial charge in [-0.15, -0.1) is 0 Å². The molecule has 0 saturated carbocycles. The molecule has 9 heteroatoms. The van der Waals surface area contributed by atoms with Gasteiger partial charge >= 0.3 is 0 Å². The molecule has 7 nitrogen and oxygen atoms in total. The Balaban J connectivity index is 1.43. The zero-order valence-corrected chi connectivity index (χ0v) is 18.4. The van der Waals surface area contributed by atoms with Crippen molar-refractivity contribution in [2.75, 3.05) is 39.9 Å². The Morgan fingerprint density at radius 2 is 1.81 bits per heavy atom. The molecular formula is C23H23ClFN3O4. The van der Waals surface area contributed by atoms with E-state index in [-0.39, 0.29) is 22.4 Å². The van der Waals surface area contributed by atoms with E-state index in [1.165, 1.54) is 19.2 Å². The first-order valence-electron chi connectivity index (χ1n) is 10.2. The molecule has 1 heterocycles. The molecule has 0 bridgehead atoms. The molecule has 0 spiro atoms. The lowest BCUT2D eigenvalue weighted by Crippen LogP contribution is -2.50. The van der Waals surface area contributed by atoms with Crippen molar-refractivity contribution < 1.29 is 23.5 Å². The summed E-state index contributed by atoms with van der Waals surface area (Å²) in [4.78, 5) is 28.5. The number of methoxy groups -OCH3 is 1. The molecule has 0 aliphatic carbocycles. The van der Waals surface area contributed by atoms with Crippen LogP contribution in [0.15, 0.2) is 36.4 Å². The Kier molecular flexibility index (Phi) is 7.90. The van der Waals surface area contributed by atoms with Crippen LogP contribution in [-0.4, -0.2) is 61.5 Å². The molecule has 0 unspecified atom stereocenters. The van der Waals surface area contributed by atoms with Crippen molar-refractivity contribution in [1.82, 2.24) is 9.80 Å². The van der Waals surface area contributed by atoms with E-state index in [1.807, 2.05) is 6.07 Å². The number of halogens is 2. The molecule has 3 rings (SSSR count). The van der Waals surface area contributed by atoms with Crippen LogP contribution in [0.3, 0.4) is 0 Å². The van der Waals surface area contributed by atoms with Crippen LogP contribution >= 0.6 is 11.6 Å². The van der Waals surface area contributed by atoms with Gasteiger partial charge in [0.1, 0.15) is 5.82 Å². The quantitative estimate of drug-likeness (QED) is 0.592. The molecule has 2 amide bonds. The van der Waals surface area contributed by atoms with Gasteiger partial charge in [-0.25, -0.2) is 4.39 Å². The average Bonchev–Trinajstić information content (AvgIpc) is 2.81. The predicted molar refractivity (Wildman–Crippen MR) is 116 cm³/mol. The molecule has 2 aromatic rings. The standard InChI is InChI=1S/C23H23ClFN3O4/c1-31-21-13-16(15-26)4-7-20(21)32-12-2-3-22(29)27-8-10-28(11-9-27)23(30)18-6-5-17(25)14-19(18)24/h4-7,13-14H,2-3,8-12H2,1H3. The summed E-state index contributed by atoms with van der Waals surface area (Å²) in [5.74, 6) is 0.214.